The van der Waals surface area contributed by atoms with Crippen LogP contribution in [0.3, 0.4) is 0 Å². The molecule has 2 heterocycles. The Kier molecular flexibility index (Phi) is 18.9. The van der Waals surface area contributed by atoms with Gasteiger partial charge >= 0.3 is 11.9 Å². The molecule has 0 aromatic heterocycles. The molecular weight excluding hydrogens is 576 g/mol. The largest absolute Gasteiger partial charge is 0.456 e. The molecule has 0 aliphatic carbocycles. The van der Waals surface area contributed by atoms with E-state index in [4.69, 9.17) is 28.4 Å². The van der Waals surface area contributed by atoms with Gasteiger partial charge in [-0.1, -0.05) is 90.4 Å². The molecule has 0 radical (unpaired) electrons. The van der Waals surface area contributed by atoms with Crippen LogP contribution < -0.4 is 0 Å². The summed E-state index contributed by atoms with van der Waals surface area (Å²) in [5, 5.41) is 42.0. The van der Waals surface area contributed by atoms with Gasteiger partial charge in [-0.2, -0.15) is 0 Å². The van der Waals surface area contributed by atoms with E-state index in [9.17, 15) is 30.0 Å². The van der Waals surface area contributed by atoms with Crippen molar-refractivity contribution in [1.29, 1.82) is 0 Å². The summed E-state index contributed by atoms with van der Waals surface area (Å²) in [6.45, 7) is 5.87. The van der Waals surface area contributed by atoms with Crippen LogP contribution in [0.5, 0.6) is 0 Å². The van der Waals surface area contributed by atoms with Gasteiger partial charge in [0, 0.05) is 20.5 Å². The van der Waals surface area contributed by atoms with Crippen LogP contribution in [0.15, 0.2) is 0 Å². The molecule has 2 aliphatic rings. The van der Waals surface area contributed by atoms with E-state index < -0.39 is 80.0 Å². The lowest BCUT2D eigenvalue weighted by Gasteiger charge is -2.46. The van der Waals surface area contributed by atoms with Crippen LogP contribution in [0.2, 0.25) is 0 Å². The molecule has 0 amide bonds. The minimum atomic E-state index is -1.61. The fourth-order valence-corrected chi connectivity index (χ4v) is 5.77. The molecule has 4 N–H and O–H groups in total. The number of aliphatic hydroxyl groups excluding tert-OH is 4. The fourth-order valence-electron chi connectivity index (χ4n) is 5.77. The van der Waals surface area contributed by atoms with E-state index in [0.717, 1.165) is 32.6 Å². The number of carbonyl (C=O) groups excluding carboxylic acids is 2. The van der Waals surface area contributed by atoms with Crippen LogP contribution in [0.25, 0.3) is 0 Å². The second-order valence-electron chi connectivity index (χ2n) is 12.1. The van der Waals surface area contributed by atoms with Crippen LogP contribution in [-0.2, 0) is 38.0 Å². The molecule has 44 heavy (non-hydrogen) atoms. The van der Waals surface area contributed by atoms with Gasteiger partial charge in [0.2, 0.25) is 0 Å². The number of ether oxygens (including phenoxy) is 6. The molecule has 2 fully saturated rings. The van der Waals surface area contributed by atoms with E-state index in [0.29, 0.717) is 6.61 Å². The number of aliphatic hydroxyl groups is 4. The number of unbranched alkanes of at least 4 members (excludes halogenated alkanes) is 13. The second kappa shape index (κ2) is 21.4. The minimum absolute atomic E-state index is 0.290. The Bertz CT molecular complexity index is 797. The van der Waals surface area contributed by atoms with Gasteiger partial charge in [-0.3, -0.25) is 9.59 Å². The van der Waals surface area contributed by atoms with Gasteiger partial charge in [-0.15, -0.1) is 0 Å². The van der Waals surface area contributed by atoms with E-state index in [1.54, 1.807) is 6.92 Å². The van der Waals surface area contributed by atoms with E-state index in [1.807, 2.05) is 0 Å². The molecule has 2 aliphatic heterocycles. The van der Waals surface area contributed by atoms with Crippen molar-refractivity contribution in [3.8, 4) is 0 Å². The number of rotatable bonds is 21. The summed E-state index contributed by atoms with van der Waals surface area (Å²) >= 11 is 0. The van der Waals surface area contributed by atoms with Crippen LogP contribution >= 0.6 is 0 Å². The summed E-state index contributed by atoms with van der Waals surface area (Å²) in [6.07, 6.45) is 4.09. The summed E-state index contributed by atoms with van der Waals surface area (Å²) in [5.41, 5.74) is 0. The van der Waals surface area contributed by atoms with Crippen molar-refractivity contribution in [3.63, 3.8) is 0 Å². The predicted octanol–water partition coefficient (Wildman–Crippen LogP) is 3.28. The quantitative estimate of drug-likeness (QED) is 0.107. The summed E-state index contributed by atoms with van der Waals surface area (Å²) < 4.78 is 33.7. The Balaban J connectivity index is 1.83. The monoisotopic (exact) mass is 634 g/mol. The van der Waals surface area contributed by atoms with Gasteiger partial charge in [-0.25, -0.2) is 0 Å². The molecule has 2 saturated heterocycles. The predicted molar refractivity (Wildman–Crippen MR) is 160 cm³/mol. The zero-order chi connectivity index (χ0) is 32.5. The normalized spacial score (nSPS) is 32.4. The van der Waals surface area contributed by atoms with Crippen molar-refractivity contribution in [1.82, 2.24) is 0 Å². The van der Waals surface area contributed by atoms with Gasteiger partial charge in [0.15, 0.2) is 24.8 Å². The number of carbonyl (C=O) groups is 2. The van der Waals surface area contributed by atoms with Crippen molar-refractivity contribution in [2.75, 3.05) is 13.2 Å². The van der Waals surface area contributed by atoms with E-state index >= 15 is 0 Å². The first-order chi connectivity index (χ1) is 21.1. The molecule has 0 aromatic carbocycles. The zero-order valence-electron chi connectivity index (χ0n) is 27.1. The van der Waals surface area contributed by atoms with Crippen molar-refractivity contribution >= 4 is 11.9 Å². The molecule has 0 unspecified atom stereocenters. The minimum Gasteiger partial charge on any atom is -0.456 e. The van der Waals surface area contributed by atoms with Gasteiger partial charge in [0.05, 0.1) is 12.7 Å². The van der Waals surface area contributed by atoms with Crippen LogP contribution in [0.4, 0.5) is 0 Å². The number of hydrogen-bond acceptors (Lipinski definition) is 12. The van der Waals surface area contributed by atoms with Gasteiger partial charge in [0.1, 0.15) is 30.5 Å². The first kappa shape index (κ1) is 38.8. The highest BCUT2D eigenvalue weighted by Gasteiger charge is 2.52. The highest BCUT2D eigenvalue weighted by Crippen LogP contribution is 2.32. The summed E-state index contributed by atoms with van der Waals surface area (Å²) in [6, 6.07) is 0. The third-order valence-electron chi connectivity index (χ3n) is 8.25. The average Bonchev–Trinajstić information content (AvgIpc) is 2.98. The highest BCUT2D eigenvalue weighted by molar-refractivity contribution is 5.67. The van der Waals surface area contributed by atoms with E-state index in [-0.39, 0.29) is 0 Å². The maximum absolute atomic E-state index is 11.7. The lowest BCUT2D eigenvalue weighted by atomic mass is 9.97. The smallest absolute Gasteiger partial charge is 0.303 e. The maximum atomic E-state index is 11.7. The third kappa shape index (κ3) is 13.2. The van der Waals surface area contributed by atoms with E-state index in [1.165, 1.54) is 71.1 Å². The first-order valence-electron chi connectivity index (χ1n) is 16.7. The number of hydrogen-bond donors (Lipinski definition) is 4. The number of esters is 2. The van der Waals surface area contributed by atoms with Crippen LogP contribution in [0, 0.1) is 0 Å². The first-order valence-corrected chi connectivity index (χ1v) is 16.7. The molecule has 0 saturated carbocycles. The molecule has 12 heteroatoms. The Morgan fingerprint density at radius 2 is 1.14 bits per heavy atom. The Morgan fingerprint density at radius 1 is 0.636 bits per heavy atom. The Labute approximate surface area is 262 Å². The summed E-state index contributed by atoms with van der Waals surface area (Å²) in [7, 11) is 0. The maximum Gasteiger partial charge on any atom is 0.303 e. The second-order valence-corrected chi connectivity index (χ2v) is 12.1. The zero-order valence-corrected chi connectivity index (χ0v) is 27.1. The van der Waals surface area contributed by atoms with Crippen LogP contribution in [0.1, 0.15) is 118 Å². The highest BCUT2D eigenvalue weighted by atomic mass is 16.8. The molecule has 0 bridgehead atoms. The summed E-state index contributed by atoms with van der Waals surface area (Å²) in [5.74, 6) is -1.36. The Morgan fingerprint density at radius 3 is 1.64 bits per heavy atom. The molecule has 258 valence electrons. The van der Waals surface area contributed by atoms with Gasteiger partial charge in [-0.05, 0) is 13.3 Å². The van der Waals surface area contributed by atoms with Crippen molar-refractivity contribution < 1.29 is 58.4 Å². The van der Waals surface area contributed by atoms with Crippen molar-refractivity contribution in [2.24, 2.45) is 0 Å². The van der Waals surface area contributed by atoms with Gasteiger partial charge < -0.3 is 48.8 Å². The summed E-state index contributed by atoms with van der Waals surface area (Å²) in [4.78, 5) is 23.3. The van der Waals surface area contributed by atoms with Crippen molar-refractivity contribution in [2.45, 2.75) is 179 Å². The lowest BCUT2D eigenvalue weighted by molar-refractivity contribution is -0.365. The molecule has 0 aromatic rings. The lowest BCUT2D eigenvalue weighted by Crippen LogP contribution is -2.64. The topological polar surface area (TPSA) is 170 Å². The van der Waals surface area contributed by atoms with Crippen LogP contribution in [-0.4, -0.2) is 107 Å². The standard InChI is InChI=1S/C32H58O12/c1-5-6-7-8-9-10-11-12-13-14-15-16-17-18-19-39-32-30(26(37)25(36)24(20-33)43-32)44-31-27(38)29(42-23(4)35)28(21(2)40-31)41-22(3)34/h21,24-33,36-38H,5-20H2,1-4H3/t21-,24+,25+,26-,27+,28-,29-,30+,31-,32+/m0/s1. The fraction of sp³-hybridized carbons (Fsp3) is 0.938. The molecule has 2 rings (SSSR count). The van der Waals surface area contributed by atoms with Gasteiger partial charge in [0.25, 0.3) is 0 Å². The molecule has 0 spiro atoms. The third-order valence-corrected chi connectivity index (χ3v) is 8.25. The molecule has 10 atom stereocenters. The SMILES string of the molecule is CCCCCCCCCCCCCCCCO[C@@H]1O[C@H](CO)[C@@H](O)[C@H](O)[C@H]1O[C@@H]1O[C@@H](C)[C@H](OC(C)=O)[C@@H](OC(C)=O)[C@H]1O. The average molecular weight is 635 g/mol. The van der Waals surface area contributed by atoms with Crippen molar-refractivity contribution in [3.05, 3.63) is 0 Å². The van der Waals surface area contributed by atoms with E-state index in [2.05, 4.69) is 6.92 Å². The molecule has 12 nitrogen and oxygen atoms in total. The Hall–Kier alpha value is -1.38. The molecular formula is C32H58O12.